The number of rotatable bonds is 1. The maximum atomic E-state index is 12.6. The van der Waals surface area contributed by atoms with E-state index in [0.29, 0.717) is 31.9 Å². The summed E-state index contributed by atoms with van der Waals surface area (Å²) in [4.78, 5) is 19.4. The lowest BCUT2D eigenvalue weighted by molar-refractivity contribution is -0.141. The molecule has 2 saturated heterocycles. The predicted octanol–water partition coefficient (Wildman–Crippen LogP) is 3.55. The van der Waals surface area contributed by atoms with Gasteiger partial charge in [-0.1, -0.05) is 0 Å². The van der Waals surface area contributed by atoms with Crippen LogP contribution in [-0.2, 0) is 10.9 Å². The molecule has 0 N–H and O–H groups in total. The van der Waals surface area contributed by atoms with Gasteiger partial charge in [-0.15, -0.1) is 0 Å². The van der Waals surface area contributed by atoms with E-state index in [1.54, 1.807) is 4.90 Å². The summed E-state index contributed by atoms with van der Waals surface area (Å²) in [5.74, 6) is 0. The molecule has 0 radical (unpaired) electrons. The van der Waals surface area contributed by atoms with Gasteiger partial charge in [0.05, 0.1) is 11.9 Å². The van der Waals surface area contributed by atoms with Crippen LogP contribution in [0.4, 0.5) is 23.7 Å². The Balaban J connectivity index is 1.56. The summed E-state index contributed by atoms with van der Waals surface area (Å²) in [7, 11) is 0. The monoisotopic (exact) mass is 357 g/mol. The fourth-order valence-electron chi connectivity index (χ4n) is 3.36. The first-order valence-electron chi connectivity index (χ1n) is 8.24. The SMILES string of the molecule is CC(C)(C)OC(=O)N1CCC2(C1)CN(c1ccc(C(F)(F)F)nc1)C2. The van der Waals surface area contributed by atoms with Gasteiger partial charge in [-0.25, -0.2) is 9.78 Å². The van der Waals surface area contributed by atoms with Gasteiger partial charge >= 0.3 is 12.3 Å². The normalized spacial score (nSPS) is 19.9. The van der Waals surface area contributed by atoms with Crippen molar-refractivity contribution in [3.05, 3.63) is 24.0 Å². The van der Waals surface area contributed by atoms with Gasteiger partial charge < -0.3 is 14.5 Å². The van der Waals surface area contributed by atoms with Gasteiger partial charge in [0.15, 0.2) is 0 Å². The van der Waals surface area contributed by atoms with E-state index in [1.807, 2.05) is 25.7 Å². The quantitative estimate of drug-likeness (QED) is 0.771. The lowest BCUT2D eigenvalue weighted by Crippen LogP contribution is -2.58. The van der Waals surface area contributed by atoms with Crippen molar-refractivity contribution in [2.24, 2.45) is 5.41 Å². The van der Waals surface area contributed by atoms with Crippen molar-refractivity contribution >= 4 is 11.8 Å². The molecule has 8 heteroatoms. The van der Waals surface area contributed by atoms with E-state index in [-0.39, 0.29) is 11.5 Å². The summed E-state index contributed by atoms with van der Waals surface area (Å²) in [6.45, 7) is 8.18. The summed E-state index contributed by atoms with van der Waals surface area (Å²) >= 11 is 0. The minimum absolute atomic E-state index is 0.000394. The molecule has 2 fully saturated rings. The number of hydrogen-bond donors (Lipinski definition) is 0. The molecule has 25 heavy (non-hydrogen) atoms. The van der Waals surface area contributed by atoms with E-state index in [1.165, 1.54) is 12.3 Å². The summed E-state index contributed by atoms with van der Waals surface area (Å²) in [5, 5.41) is 0. The summed E-state index contributed by atoms with van der Waals surface area (Å²) in [6.07, 6.45) is -2.60. The molecule has 0 atom stereocenters. The van der Waals surface area contributed by atoms with E-state index in [9.17, 15) is 18.0 Å². The number of aromatic nitrogens is 1. The fraction of sp³-hybridized carbons (Fsp3) is 0.647. The van der Waals surface area contributed by atoms with Crippen LogP contribution in [0.25, 0.3) is 0 Å². The number of pyridine rings is 1. The highest BCUT2D eigenvalue weighted by Gasteiger charge is 2.49. The van der Waals surface area contributed by atoms with Crippen molar-refractivity contribution in [2.75, 3.05) is 31.1 Å². The Morgan fingerprint density at radius 1 is 1.20 bits per heavy atom. The van der Waals surface area contributed by atoms with Crippen molar-refractivity contribution in [1.82, 2.24) is 9.88 Å². The van der Waals surface area contributed by atoms with Gasteiger partial charge in [0.1, 0.15) is 11.3 Å². The molecular formula is C17H22F3N3O2. The van der Waals surface area contributed by atoms with Crippen molar-refractivity contribution in [1.29, 1.82) is 0 Å². The molecule has 0 aromatic carbocycles. The van der Waals surface area contributed by atoms with Crippen LogP contribution in [0.15, 0.2) is 18.3 Å². The fourth-order valence-corrected chi connectivity index (χ4v) is 3.36. The second kappa shape index (κ2) is 5.78. The first kappa shape index (κ1) is 17.8. The first-order chi connectivity index (χ1) is 11.5. The average molecular weight is 357 g/mol. The summed E-state index contributed by atoms with van der Waals surface area (Å²) < 4.78 is 43.1. The van der Waals surface area contributed by atoms with Crippen LogP contribution in [0.1, 0.15) is 32.9 Å². The minimum atomic E-state index is -4.42. The van der Waals surface area contributed by atoms with Crippen LogP contribution in [0.5, 0.6) is 0 Å². The molecule has 1 aromatic heterocycles. The van der Waals surface area contributed by atoms with E-state index in [2.05, 4.69) is 4.98 Å². The van der Waals surface area contributed by atoms with Gasteiger partial charge in [0, 0.05) is 31.6 Å². The molecule has 3 rings (SSSR count). The minimum Gasteiger partial charge on any atom is -0.444 e. The van der Waals surface area contributed by atoms with Crippen molar-refractivity contribution < 1.29 is 22.7 Å². The third-order valence-electron chi connectivity index (χ3n) is 4.55. The average Bonchev–Trinajstić information content (AvgIpc) is 2.89. The molecule has 1 amide bonds. The number of hydrogen-bond acceptors (Lipinski definition) is 4. The van der Waals surface area contributed by atoms with Crippen LogP contribution >= 0.6 is 0 Å². The molecule has 5 nitrogen and oxygen atoms in total. The number of carbonyl (C=O) groups excluding carboxylic acids is 1. The summed E-state index contributed by atoms with van der Waals surface area (Å²) in [6, 6.07) is 2.45. The number of amides is 1. The first-order valence-corrected chi connectivity index (χ1v) is 8.24. The maximum absolute atomic E-state index is 12.6. The van der Waals surface area contributed by atoms with Gasteiger partial charge in [0.25, 0.3) is 0 Å². The van der Waals surface area contributed by atoms with Crippen LogP contribution in [0, 0.1) is 5.41 Å². The number of likely N-dealkylation sites (tertiary alicyclic amines) is 1. The molecule has 2 aliphatic rings. The van der Waals surface area contributed by atoms with E-state index in [0.717, 1.165) is 12.5 Å². The number of ether oxygens (including phenoxy) is 1. The van der Waals surface area contributed by atoms with Crippen LogP contribution in [0.3, 0.4) is 0 Å². The molecular weight excluding hydrogens is 335 g/mol. The third-order valence-corrected chi connectivity index (χ3v) is 4.55. The second-order valence-electron chi connectivity index (χ2n) is 7.91. The Labute approximate surface area is 144 Å². The summed E-state index contributed by atoms with van der Waals surface area (Å²) in [5.41, 5.74) is -0.734. The van der Waals surface area contributed by atoms with E-state index in [4.69, 9.17) is 4.74 Å². The molecule has 2 aliphatic heterocycles. The number of anilines is 1. The lowest BCUT2D eigenvalue weighted by Gasteiger charge is -2.49. The van der Waals surface area contributed by atoms with Gasteiger partial charge in [-0.05, 0) is 39.3 Å². The maximum Gasteiger partial charge on any atom is 0.433 e. The van der Waals surface area contributed by atoms with Gasteiger partial charge in [0.2, 0.25) is 0 Å². The molecule has 0 aliphatic carbocycles. The molecule has 0 saturated carbocycles. The molecule has 0 unspecified atom stereocenters. The zero-order chi connectivity index (χ0) is 18.5. The Kier molecular flexibility index (Phi) is 4.12. The Morgan fingerprint density at radius 2 is 1.88 bits per heavy atom. The molecule has 138 valence electrons. The van der Waals surface area contributed by atoms with Crippen LogP contribution in [0.2, 0.25) is 0 Å². The van der Waals surface area contributed by atoms with Gasteiger partial charge in [-0.3, -0.25) is 0 Å². The highest BCUT2D eigenvalue weighted by atomic mass is 19.4. The number of carbonyl (C=O) groups is 1. The smallest absolute Gasteiger partial charge is 0.433 e. The van der Waals surface area contributed by atoms with Crippen LogP contribution < -0.4 is 4.90 Å². The molecule has 1 aromatic rings. The highest BCUT2D eigenvalue weighted by Crippen LogP contribution is 2.42. The topological polar surface area (TPSA) is 45.7 Å². The Hall–Kier alpha value is -1.99. The van der Waals surface area contributed by atoms with Gasteiger partial charge in [-0.2, -0.15) is 13.2 Å². The molecule has 3 heterocycles. The largest absolute Gasteiger partial charge is 0.444 e. The Bertz CT molecular complexity index is 647. The zero-order valence-corrected chi connectivity index (χ0v) is 14.6. The third kappa shape index (κ3) is 3.82. The molecule has 1 spiro atoms. The second-order valence-corrected chi connectivity index (χ2v) is 7.91. The number of nitrogens with zero attached hydrogens (tertiary/aromatic N) is 3. The van der Waals surface area contributed by atoms with Crippen molar-refractivity contribution in [2.45, 2.75) is 39.0 Å². The lowest BCUT2D eigenvalue weighted by atomic mass is 9.79. The van der Waals surface area contributed by atoms with Crippen molar-refractivity contribution in [3.8, 4) is 0 Å². The van der Waals surface area contributed by atoms with E-state index < -0.39 is 17.5 Å². The number of alkyl halides is 3. The van der Waals surface area contributed by atoms with Crippen molar-refractivity contribution in [3.63, 3.8) is 0 Å². The highest BCUT2D eigenvalue weighted by molar-refractivity contribution is 5.69. The van der Waals surface area contributed by atoms with Crippen LogP contribution in [-0.4, -0.2) is 47.8 Å². The molecule has 0 bridgehead atoms. The Morgan fingerprint density at radius 3 is 2.40 bits per heavy atom. The van der Waals surface area contributed by atoms with E-state index >= 15 is 0 Å². The number of halogens is 3. The zero-order valence-electron chi connectivity index (χ0n) is 14.6. The standard InChI is InChI=1S/C17H22F3N3O2/c1-15(2,3)25-14(24)22-7-6-16(9-22)10-23(11-16)12-4-5-13(21-8-12)17(18,19)20/h4-5,8H,6-7,9-11H2,1-3H3. The predicted molar refractivity (Wildman–Crippen MR) is 86.3 cm³/mol.